The number of carbonyl (C=O) groups excluding carboxylic acids is 1. The molecule has 144 valence electrons. The lowest BCUT2D eigenvalue weighted by molar-refractivity contribution is -0.0402. The number of anilines is 2. The van der Waals surface area contributed by atoms with Crippen LogP contribution in [0.3, 0.4) is 0 Å². The van der Waals surface area contributed by atoms with Gasteiger partial charge in [-0.3, -0.25) is 10.3 Å². The van der Waals surface area contributed by atoms with Gasteiger partial charge in [0, 0.05) is 13.1 Å². The molecule has 1 aromatic heterocycles. The van der Waals surface area contributed by atoms with E-state index in [9.17, 15) is 4.79 Å². The van der Waals surface area contributed by atoms with Crippen molar-refractivity contribution in [1.82, 2.24) is 14.9 Å². The highest BCUT2D eigenvalue weighted by Crippen LogP contribution is 2.26. The number of carbonyl (C=O) groups is 1. The van der Waals surface area contributed by atoms with Gasteiger partial charge in [0.1, 0.15) is 18.5 Å². The lowest BCUT2D eigenvalue weighted by Crippen LogP contribution is -2.42. The summed E-state index contributed by atoms with van der Waals surface area (Å²) in [6.45, 7) is 6.66. The van der Waals surface area contributed by atoms with Gasteiger partial charge in [-0.15, -0.1) is 0 Å². The van der Waals surface area contributed by atoms with Crippen LogP contribution in [0, 0.1) is 13.8 Å². The van der Waals surface area contributed by atoms with E-state index in [4.69, 9.17) is 9.47 Å². The van der Waals surface area contributed by atoms with Crippen LogP contribution in [0.1, 0.15) is 11.3 Å². The van der Waals surface area contributed by atoms with Gasteiger partial charge in [-0.1, -0.05) is 6.07 Å². The smallest absolute Gasteiger partial charge is 0.324 e. The molecule has 2 heterocycles. The highest BCUT2D eigenvalue weighted by molar-refractivity contribution is 6.00. The molecule has 2 aromatic rings. The lowest BCUT2D eigenvalue weighted by atomic mass is 10.2. The molecule has 2 N–H and O–H groups in total. The second-order valence-corrected chi connectivity index (χ2v) is 6.69. The highest BCUT2D eigenvalue weighted by atomic mass is 16.5. The standard InChI is InChI=1S/C19H25N5O3/c1-13-4-5-17(27-12-15-11-24(3)6-7-26-15)16(8-13)22-19(25)23-18-10-20-14(2)9-21-18/h4-5,8-10,15H,6-7,11-12H2,1-3H3,(H2,21,22,23,25). The summed E-state index contributed by atoms with van der Waals surface area (Å²) in [6.07, 6.45) is 3.12. The van der Waals surface area contributed by atoms with E-state index in [0.717, 1.165) is 24.3 Å². The third kappa shape index (κ3) is 5.63. The fourth-order valence-electron chi connectivity index (χ4n) is 2.74. The zero-order chi connectivity index (χ0) is 19.2. The Bertz CT molecular complexity index is 781. The second kappa shape index (κ2) is 8.79. The Morgan fingerprint density at radius 2 is 2.15 bits per heavy atom. The molecule has 1 unspecified atom stereocenters. The first-order valence-corrected chi connectivity index (χ1v) is 8.90. The Balaban J connectivity index is 1.62. The van der Waals surface area contributed by atoms with Crippen LogP contribution < -0.4 is 15.4 Å². The van der Waals surface area contributed by atoms with Gasteiger partial charge in [0.05, 0.1) is 30.4 Å². The number of hydrogen-bond acceptors (Lipinski definition) is 6. The maximum Gasteiger partial charge on any atom is 0.324 e. The average Bonchev–Trinajstić information content (AvgIpc) is 2.63. The molecule has 0 radical (unpaired) electrons. The van der Waals surface area contributed by atoms with Crippen molar-refractivity contribution >= 4 is 17.5 Å². The summed E-state index contributed by atoms with van der Waals surface area (Å²) in [5.74, 6) is 0.981. The van der Waals surface area contributed by atoms with E-state index in [0.29, 0.717) is 30.5 Å². The molecule has 8 nitrogen and oxygen atoms in total. The number of rotatable bonds is 5. The number of ether oxygens (including phenoxy) is 2. The summed E-state index contributed by atoms with van der Waals surface area (Å²) in [7, 11) is 2.06. The number of urea groups is 1. The van der Waals surface area contributed by atoms with Crippen LogP contribution in [0.5, 0.6) is 5.75 Å². The van der Waals surface area contributed by atoms with Crippen LogP contribution >= 0.6 is 0 Å². The normalized spacial score (nSPS) is 17.4. The van der Waals surface area contributed by atoms with Crippen molar-refractivity contribution in [1.29, 1.82) is 0 Å². The Kier molecular flexibility index (Phi) is 6.20. The van der Waals surface area contributed by atoms with E-state index in [1.165, 1.54) is 6.20 Å². The summed E-state index contributed by atoms with van der Waals surface area (Å²) in [5.41, 5.74) is 2.39. The minimum absolute atomic E-state index is 0.00885. The van der Waals surface area contributed by atoms with Crippen LogP contribution in [0.15, 0.2) is 30.6 Å². The first kappa shape index (κ1) is 19.1. The summed E-state index contributed by atoms with van der Waals surface area (Å²) < 4.78 is 11.6. The topological polar surface area (TPSA) is 88.6 Å². The predicted molar refractivity (Wildman–Crippen MR) is 103 cm³/mol. The molecule has 3 rings (SSSR count). The van der Waals surface area contributed by atoms with Gasteiger partial charge in [0.25, 0.3) is 0 Å². The van der Waals surface area contributed by atoms with Crippen molar-refractivity contribution in [2.45, 2.75) is 20.0 Å². The molecule has 1 aromatic carbocycles. The maximum atomic E-state index is 12.3. The van der Waals surface area contributed by atoms with E-state index in [1.54, 1.807) is 6.20 Å². The molecule has 2 amide bonds. The molecule has 1 fully saturated rings. The van der Waals surface area contributed by atoms with Gasteiger partial charge in [-0.25, -0.2) is 9.78 Å². The van der Waals surface area contributed by atoms with Crippen LogP contribution in [0.2, 0.25) is 0 Å². The number of benzene rings is 1. The highest BCUT2D eigenvalue weighted by Gasteiger charge is 2.19. The first-order chi connectivity index (χ1) is 13.0. The zero-order valence-corrected chi connectivity index (χ0v) is 15.9. The molecule has 8 heteroatoms. The van der Waals surface area contributed by atoms with Gasteiger partial charge in [0.2, 0.25) is 0 Å². The van der Waals surface area contributed by atoms with Gasteiger partial charge < -0.3 is 19.7 Å². The third-order valence-corrected chi connectivity index (χ3v) is 4.17. The van der Waals surface area contributed by atoms with Gasteiger partial charge >= 0.3 is 6.03 Å². The molecular weight excluding hydrogens is 346 g/mol. The number of likely N-dealkylation sites (N-methyl/N-ethyl adjacent to an activating group) is 1. The van der Waals surface area contributed by atoms with Gasteiger partial charge in [0.15, 0.2) is 5.82 Å². The van der Waals surface area contributed by atoms with Crippen molar-refractivity contribution in [3.05, 3.63) is 41.9 Å². The number of nitrogens with zero attached hydrogens (tertiary/aromatic N) is 3. The van der Waals surface area contributed by atoms with E-state index >= 15 is 0 Å². The number of amides is 2. The molecule has 1 saturated heterocycles. The van der Waals surface area contributed by atoms with Crippen molar-refractivity contribution in [3.8, 4) is 5.75 Å². The van der Waals surface area contributed by atoms with Crippen molar-refractivity contribution in [2.75, 3.05) is 44.0 Å². The van der Waals surface area contributed by atoms with Crippen molar-refractivity contribution in [3.63, 3.8) is 0 Å². The van der Waals surface area contributed by atoms with Crippen LogP contribution in [-0.2, 0) is 4.74 Å². The van der Waals surface area contributed by atoms with Crippen LogP contribution in [0.4, 0.5) is 16.3 Å². The molecule has 0 bridgehead atoms. The van der Waals surface area contributed by atoms with Gasteiger partial charge in [-0.2, -0.15) is 0 Å². The third-order valence-electron chi connectivity index (χ3n) is 4.17. The Hall–Kier alpha value is -2.71. The largest absolute Gasteiger partial charge is 0.489 e. The summed E-state index contributed by atoms with van der Waals surface area (Å²) >= 11 is 0. The van der Waals surface area contributed by atoms with E-state index in [-0.39, 0.29) is 6.10 Å². The summed E-state index contributed by atoms with van der Waals surface area (Å²) in [6, 6.07) is 5.25. The molecule has 1 aliphatic heterocycles. The molecule has 0 saturated carbocycles. The lowest BCUT2D eigenvalue weighted by Gasteiger charge is -2.30. The van der Waals surface area contributed by atoms with Crippen molar-refractivity contribution < 1.29 is 14.3 Å². The Labute approximate surface area is 158 Å². The monoisotopic (exact) mass is 371 g/mol. The SMILES string of the molecule is Cc1ccc(OCC2CN(C)CCO2)c(NC(=O)Nc2cnc(C)cn2)c1. The molecular formula is C19H25N5O3. The zero-order valence-electron chi connectivity index (χ0n) is 15.9. The van der Waals surface area contributed by atoms with Gasteiger partial charge in [-0.05, 0) is 38.6 Å². The minimum Gasteiger partial charge on any atom is -0.489 e. The summed E-state index contributed by atoms with van der Waals surface area (Å²) in [5, 5.41) is 5.48. The Morgan fingerprint density at radius 1 is 1.30 bits per heavy atom. The minimum atomic E-state index is -0.405. The quantitative estimate of drug-likeness (QED) is 0.839. The number of hydrogen-bond donors (Lipinski definition) is 2. The molecule has 1 aliphatic rings. The van der Waals surface area contributed by atoms with E-state index in [1.807, 2.05) is 32.0 Å². The number of morpholine rings is 1. The van der Waals surface area contributed by atoms with Crippen molar-refractivity contribution in [2.24, 2.45) is 0 Å². The number of nitrogens with one attached hydrogen (secondary N) is 2. The molecule has 1 atom stereocenters. The van der Waals surface area contributed by atoms with E-state index in [2.05, 4.69) is 32.5 Å². The predicted octanol–water partition coefficient (Wildman–Crippen LogP) is 2.45. The molecule has 0 spiro atoms. The fourth-order valence-corrected chi connectivity index (χ4v) is 2.74. The second-order valence-electron chi connectivity index (χ2n) is 6.69. The van der Waals surface area contributed by atoms with E-state index < -0.39 is 6.03 Å². The summed E-state index contributed by atoms with van der Waals surface area (Å²) in [4.78, 5) is 22.7. The molecule has 27 heavy (non-hydrogen) atoms. The number of aryl methyl sites for hydroxylation is 2. The van der Waals surface area contributed by atoms with Crippen LogP contribution in [-0.4, -0.2) is 60.4 Å². The van der Waals surface area contributed by atoms with Crippen LogP contribution in [0.25, 0.3) is 0 Å². The average molecular weight is 371 g/mol. The fraction of sp³-hybridized carbons (Fsp3) is 0.421. The molecule has 0 aliphatic carbocycles. The first-order valence-electron chi connectivity index (χ1n) is 8.90. The Morgan fingerprint density at radius 3 is 2.89 bits per heavy atom. The maximum absolute atomic E-state index is 12.3. The number of aromatic nitrogens is 2.